The van der Waals surface area contributed by atoms with Gasteiger partial charge in [0.1, 0.15) is 5.82 Å². The lowest BCUT2D eigenvalue weighted by Gasteiger charge is -2.14. The highest BCUT2D eigenvalue weighted by Gasteiger charge is 2.21. The van der Waals surface area contributed by atoms with Crippen LogP contribution in [0.1, 0.15) is 11.1 Å². The first-order valence-electron chi connectivity index (χ1n) is 6.02. The molecule has 2 aromatic carbocycles. The van der Waals surface area contributed by atoms with Crippen LogP contribution in [-0.2, 0) is 16.6 Å². The molecule has 0 aliphatic carbocycles. The minimum atomic E-state index is -4.06. The molecule has 112 valence electrons. The maximum atomic E-state index is 13.3. The number of para-hydroxylation sites is 1. The molecule has 0 unspecified atom stereocenters. The van der Waals surface area contributed by atoms with Gasteiger partial charge in [-0.05, 0) is 36.2 Å². The standard InChI is InChI=1S/C14H13ClFNO3S/c1-9-3-2-4-12(15)14(9)17-21(19,20)13-7-11(16)6-5-10(13)8-18/h2-7,17-18H,8H2,1H3. The van der Waals surface area contributed by atoms with Crippen molar-refractivity contribution in [3.8, 4) is 0 Å². The van der Waals surface area contributed by atoms with Crippen LogP contribution in [0.4, 0.5) is 10.1 Å². The normalized spacial score (nSPS) is 11.4. The van der Waals surface area contributed by atoms with Gasteiger partial charge in [0.05, 0.1) is 22.2 Å². The molecule has 4 nitrogen and oxygen atoms in total. The summed E-state index contributed by atoms with van der Waals surface area (Å²) >= 11 is 5.98. The van der Waals surface area contributed by atoms with E-state index in [4.69, 9.17) is 11.6 Å². The van der Waals surface area contributed by atoms with E-state index in [1.54, 1.807) is 25.1 Å². The van der Waals surface area contributed by atoms with Crippen molar-refractivity contribution >= 4 is 27.3 Å². The van der Waals surface area contributed by atoms with Gasteiger partial charge in [0.15, 0.2) is 0 Å². The van der Waals surface area contributed by atoms with Gasteiger partial charge in [0, 0.05) is 0 Å². The number of sulfonamides is 1. The van der Waals surface area contributed by atoms with Gasteiger partial charge >= 0.3 is 0 Å². The largest absolute Gasteiger partial charge is 0.392 e. The van der Waals surface area contributed by atoms with Crippen molar-refractivity contribution < 1.29 is 17.9 Å². The summed E-state index contributed by atoms with van der Waals surface area (Å²) in [7, 11) is -4.06. The van der Waals surface area contributed by atoms with E-state index in [1.165, 1.54) is 6.07 Å². The number of rotatable bonds is 4. The zero-order valence-electron chi connectivity index (χ0n) is 11.1. The van der Waals surface area contributed by atoms with E-state index in [9.17, 15) is 17.9 Å². The third kappa shape index (κ3) is 3.34. The minimum Gasteiger partial charge on any atom is -0.392 e. The van der Waals surface area contributed by atoms with Gasteiger partial charge in [-0.3, -0.25) is 4.72 Å². The van der Waals surface area contributed by atoms with E-state index in [2.05, 4.69) is 4.72 Å². The first kappa shape index (κ1) is 15.8. The maximum Gasteiger partial charge on any atom is 0.262 e. The molecule has 0 aromatic heterocycles. The van der Waals surface area contributed by atoms with Crippen molar-refractivity contribution in [3.63, 3.8) is 0 Å². The van der Waals surface area contributed by atoms with Gasteiger partial charge in [-0.2, -0.15) is 0 Å². The highest BCUT2D eigenvalue weighted by molar-refractivity contribution is 7.92. The van der Waals surface area contributed by atoms with Crippen LogP contribution < -0.4 is 4.72 Å². The minimum absolute atomic E-state index is 0.105. The van der Waals surface area contributed by atoms with Crippen LogP contribution in [-0.4, -0.2) is 13.5 Å². The Morgan fingerprint density at radius 3 is 2.62 bits per heavy atom. The monoisotopic (exact) mass is 329 g/mol. The lowest BCUT2D eigenvalue weighted by atomic mass is 10.2. The number of aliphatic hydroxyl groups excluding tert-OH is 1. The molecule has 0 radical (unpaired) electrons. The van der Waals surface area contributed by atoms with Crippen molar-refractivity contribution in [1.29, 1.82) is 0 Å². The number of anilines is 1. The number of aliphatic hydroxyl groups is 1. The van der Waals surface area contributed by atoms with E-state index in [0.717, 1.165) is 12.1 Å². The third-order valence-corrected chi connectivity index (χ3v) is 4.69. The molecule has 0 amide bonds. The number of aryl methyl sites for hydroxylation is 1. The molecule has 0 spiro atoms. The van der Waals surface area contributed by atoms with Crippen LogP contribution >= 0.6 is 11.6 Å². The molecule has 2 rings (SSSR count). The number of halogens is 2. The Balaban J connectivity index is 2.51. The fraction of sp³-hybridized carbons (Fsp3) is 0.143. The molecule has 2 N–H and O–H groups in total. The van der Waals surface area contributed by atoms with E-state index >= 15 is 0 Å². The fourth-order valence-corrected chi connectivity index (χ4v) is 3.58. The van der Waals surface area contributed by atoms with Gasteiger partial charge in [-0.1, -0.05) is 29.8 Å². The Labute approximate surface area is 127 Å². The lowest BCUT2D eigenvalue weighted by Crippen LogP contribution is -2.16. The molecule has 2 aromatic rings. The average Bonchev–Trinajstić information content (AvgIpc) is 2.43. The summed E-state index contributed by atoms with van der Waals surface area (Å²) in [6.07, 6.45) is 0. The van der Waals surface area contributed by atoms with Crippen LogP contribution in [0.25, 0.3) is 0 Å². The van der Waals surface area contributed by atoms with Gasteiger partial charge < -0.3 is 5.11 Å². The molecule has 0 atom stereocenters. The predicted octanol–water partition coefficient (Wildman–Crippen LogP) is 3.08. The second-order valence-corrected chi connectivity index (χ2v) is 6.51. The molecule has 0 fully saturated rings. The van der Waals surface area contributed by atoms with Crippen LogP contribution in [0.15, 0.2) is 41.3 Å². The fourth-order valence-electron chi connectivity index (χ4n) is 1.86. The molecule has 0 saturated heterocycles. The SMILES string of the molecule is Cc1cccc(Cl)c1NS(=O)(=O)c1cc(F)ccc1CO. The average molecular weight is 330 g/mol. The summed E-state index contributed by atoms with van der Waals surface area (Å²) in [6.45, 7) is 1.18. The Morgan fingerprint density at radius 2 is 2.00 bits per heavy atom. The highest BCUT2D eigenvalue weighted by atomic mass is 35.5. The highest BCUT2D eigenvalue weighted by Crippen LogP contribution is 2.29. The van der Waals surface area contributed by atoms with E-state index in [-0.39, 0.29) is 21.2 Å². The molecule has 0 heterocycles. The first-order chi connectivity index (χ1) is 9.85. The van der Waals surface area contributed by atoms with Crippen molar-refractivity contribution in [2.45, 2.75) is 18.4 Å². The van der Waals surface area contributed by atoms with Gasteiger partial charge in [-0.15, -0.1) is 0 Å². The number of hydrogen-bond acceptors (Lipinski definition) is 3. The summed E-state index contributed by atoms with van der Waals surface area (Å²) in [6, 6.07) is 8.11. The van der Waals surface area contributed by atoms with Crippen LogP contribution in [0.5, 0.6) is 0 Å². The van der Waals surface area contributed by atoms with Crippen molar-refractivity contribution in [1.82, 2.24) is 0 Å². The second-order valence-electron chi connectivity index (χ2n) is 4.45. The molecule has 21 heavy (non-hydrogen) atoms. The number of benzene rings is 2. The van der Waals surface area contributed by atoms with Crippen LogP contribution in [0.3, 0.4) is 0 Å². The van der Waals surface area contributed by atoms with Crippen LogP contribution in [0, 0.1) is 12.7 Å². The summed E-state index contributed by atoms with van der Waals surface area (Å²) < 4.78 is 40.4. The molecular formula is C14H13ClFNO3S. The summed E-state index contributed by atoms with van der Waals surface area (Å²) in [5.74, 6) is -0.705. The smallest absolute Gasteiger partial charge is 0.262 e. The van der Waals surface area contributed by atoms with Gasteiger partial charge in [-0.25, -0.2) is 12.8 Å². The Hall–Kier alpha value is -1.63. The molecule has 0 bridgehead atoms. The predicted molar refractivity (Wildman–Crippen MR) is 79.3 cm³/mol. The maximum absolute atomic E-state index is 13.3. The van der Waals surface area contributed by atoms with Crippen molar-refractivity contribution in [2.24, 2.45) is 0 Å². The molecule has 0 aliphatic rings. The van der Waals surface area contributed by atoms with Crippen molar-refractivity contribution in [2.75, 3.05) is 4.72 Å². The topological polar surface area (TPSA) is 66.4 Å². The zero-order chi connectivity index (χ0) is 15.6. The first-order valence-corrected chi connectivity index (χ1v) is 7.88. The van der Waals surface area contributed by atoms with E-state index < -0.39 is 22.4 Å². The van der Waals surface area contributed by atoms with Gasteiger partial charge in [0.25, 0.3) is 10.0 Å². The van der Waals surface area contributed by atoms with Crippen LogP contribution in [0.2, 0.25) is 5.02 Å². The number of hydrogen-bond donors (Lipinski definition) is 2. The number of nitrogens with one attached hydrogen (secondary N) is 1. The molecule has 0 saturated carbocycles. The summed E-state index contributed by atoms with van der Waals surface area (Å²) in [5, 5.41) is 9.44. The molecular weight excluding hydrogens is 317 g/mol. The van der Waals surface area contributed by atoms with Crippen molar-refractivity contribution in [3.05, 3.63) is 58.4 Å². The van der Waals surface area contributed by atoms with E-state index in [0.29, 0.717) is 5.56 Å². The quantitative estimate of drug-likeness (QED) is 0.906. The Bertz CT molecular complexity index is 758. The van der Waals surface area contributed by atoms with Gasteiger partial charge in [0.2, 0.25) is 0 Å². The summed E-state index contributed by atoms with van der Waals surface area (Å²) in [5.41, 5.74) is 0.967. The second kappa shape index (κ2) is 6.01. The lowest BCUT2D eigenvalue weighted by molar-refractivity contribution is 0.278. The summed E-state index contributed by atoms with van der Waals surface area (Å²) in [4.78, 5) is -0.315. The molecule has 0 aliphatic heterocycles. The molecule has 7 heteroatoms. The van der Waals surface area contributed by atoms with E-state index in [1.807, 2.05) is 0 Å². The third-order valence-electron chi connectivity index (χ3n) is 2.95. The zero-order valence-corrected chi connectivity index (χ0v) is 12.7. The Morgan fingerprint density at radius 1 is 1.29 bits per heavy atom. The Kier molecular flexibility index (Phi) is 4.51.